The highest BCUT2D eigenvalue weighted by Gasteiger charge is 2.76. The Morgan fingerprint density at radius 3 is 2.56 bits per heavy atom. The van der Waals surface area contributed by atoms with Gasteiger partial charge in [-0.05, 0) is 49.2 Å². The van der Waals surface area contributed by atoms with Gasteiger partial charge >= 0.3 is 5.97 Å². The maximum atomic E-state index is 14.8. The number of carbonyl (C=O) groups is 3. The van der Waals surface area contributed by atoms with Crippen LogP contribution in [0.3, 0.4) is 0 Å². The molecule has 2 N–H and O–H groups in total. The zero-order valence-corrected chi connectivity index (χ0v) is 19.5. The normalized spacial score (nSPS) is 47.6. The fraction of sp³-hybridized carbons (Fsp3) is 0.708. The van der Waals surface area contributed by atoms with E-state index in [0.717, 1.165) is 0 Å². The summed E-state index contributed by atoms with van der Waals surface area (Å²) in [5.41, 5.74) is -3.32. The van der Waals surface area contributed by atoms with Gasteiger partial charge in [0.05, 0.1) is 11.0 Å². The predicted molar refractivity (Wildman–Crippen MR) is 114 cm³/mol. The molecule has 8 atom stereocenters. The lowest BCUT2D eigenvalue weighted by atomic mass is 9.45. The van der Waals surface area contributed by atoms with E-state index >= 15 is 0 Å². The Kier molecular flexibility index (Phi) is 5.32. The number of allylic oxidation sites excluding steroid dienone is 4. The van der Waals surface area contributed by atoms with Crippen molar-refractivity contribution < 1.29 is 33.7 Å². The summed E-state index contributed by atoms with van der Waals surface area (Å²) in [5.74, 6) is -3.67. The Labute approximate surface area is 191 Å². The van der Waals surface area contributed by atoms with E-state index in [2.05, 4.69) is 0 Å². The molecular weight excluding hydrogens is 439 g/mol. The molecule has 0 aromatic rings. The van der Waals surface area contributed by atoms with Crippen LogP contribution in [0.15, 0.2) is 23.6 Å². The zero-order valence-electron chi connectivity index (χ0n) is 18.8. The van der Waals surface area contributed by atoms with Gasteiger partial charge in [-0.15, -0.1) is 11.6 Å². The van der Waals surface area contributed by atoms with E-state index in [1.54, 1.807) is 13.0 Å². The molecule has 0 bridgehead atoms. The van der Waals surface area contributed by atoms with Crippen LogP contribution in [0.4, 0.5) is 4.39 Å². The molecule has 0 amide bonds. The first-order valence-corrected chi connectivity index (χ1v) is 11.5. The van der Waals surface area contributed by atoms with Crippen LogP contribution in [0.5, 0.6) is 0 Å². The quantitative estimate of drug-likeness (QED) is 0.487. The number of aliphatic hydroxyl groups is 2. The molecule has 4 rings (SSSR count). The molecule has 2 unspecified atom stereocenters. The second-order valence-corrected chi connectivity index (χ2v) is 11.0. The van der Waals surface area contributed by atoms with Gasteiger partial charge in [0.2, 0.25) is 11.6 Å². The number of halogens is 2. The van der Waals surface area contributed by atoms with E-state index in [4.69, 9.17) is 16.3 Å². The highest BCUT2D eigenvalue weighted by molar-refractivity contribution is 6.26. The number of esters is 1. The minimum Gasteiger partial charge on any atom is -0.450 e. The van der Waals surface area contributed by atoms with Crippen molar-refractivity contribution in [3.63, 3.8) is 0 Å². The molecule has 3 saturated carbocycles. The number of alkyl halides is 1. The van der Waals surface area contributed by atoms with Crippen LogP contribution in [0, 0.1) is 28.6 Å². The maximum absolute atomic E-state index is 14.8. The summed E-state index contributed by atoms with van der Waals surface area (Å²) in [6.45, 7) is 5.84. The summed E-state index contributed by atoms with van der Waals surface area (Å²) in [7, 11) is 0. The molecule has 4 aliphatic carbocycles. The van der Waals surface area contributed by atoms with E-state index in [0.29, 0.717) is 24.8 Å². The number of aliphatic hydroxyl groups excluding tert-OH is 2. The molecule has 0 spiro atoms. The predicted octanol–water partition coefficient (Wildman–Crippen LogP) is 3.03. The largest absolute Gasteiger partial charge is 0.450 e. The first-order chi connectivity index (χ1) is 14.8. The molecule has 0 saturated heterocycles. The summed E-state index contributed by atoms with van der Waals surface area (Å²) in [5, 5.41) is 21.3. The molecule has 0 aromatic carbocycles. The highest BCUT2D eigenvalue weighted by atomic mass is 35.5. The number of fused-ring (bicyclic) bond motifs is 5. The van der Waals surface area contributed by atoms with Crippen LogP contribution < -0.4 is 0 Å². The van der Waals surface area contributed by atoms with E-state index < -0.39 is 63.3 Å². The average molecular weight is 469 g/mol. The number of carbonyl (C=O) groups excluding carboxylic acids is 3. The van der Waals surface area contributed by atoms with Gasteiger partial charge in [0.25, 0.3) is 0 Å². The number of hydrogen-bond donors (Lipinski definition) is 2. The van der Waals surface area contributed by atoms with E-state index in [1.807, 2.05) is 13.8 Å². The van der Waals surface area contributed by atoms with E-state index in [9.17, 15) is 29.0 Å². The monoisotopic (exact) mass is 468 g/mol. The fourth-order valence-corrected chi connectivity index (χ4v) is 8.34. The molecule has 8 heteroatoms. The molecule has 32 heavy (non-hydrogen) atoms. The third-order valence-corrected chi connectivity index (χ3v) is 10.1. The third kappa shape index (κ3) is 2.56. The summed E-state index contributed by atoms with van der Waals surface area (Å²) in [6.07, 6.45) is 2.88. The molecule has 0 aliphatic heterocycles. The Morgan fingerprint density at radius 1 is 1.31 bits per heavy atom. The first-order valence-electron chi connectivity index (χ1n) is 11.1. The molecule has 0 aromatic heterocycles. The van der Waals surface area contributed by atoms with Crippen LogP contribution in [-0.4, -0.2) is 50.9 Å². The van der Waals surface area contributed by atoms with E-state index in [1.165, 1.54) is 13.0 Å². The Hall–Kier alpha value is -1.57. The van der Waals surface area contributed by atoms with Crippen LogP contribution in [-0.2, 0) is 19.1 Å². The molecule has 6 nitrogen and oxygen atoms in total. The first kappa shape index (κ1) is 23.6. The average Bonchev–Trinajstić information content (AvgIpc) is 2.93. The van der Waals surface area contributed by atoms with Gasteiger partial charge in [0, 0.05) is 23.7 Å². The molecule has 3 fully saturated rings. The van der Waals surface area contributed by atoms with Crippen molar-refractivity contribution in [3.8, 4) is 0 Å². The van der Waals surface area contributed by atoms with Crippen molar-refractivity contribution in [1.29, 1.82) is 0 Å². The van der Waals surface area contributed by atoms with Gasteiger partial charge < -0.3 is 14.9 Å². The van der Waals surface area contributed by atoms with Gasteiger partial charge in [-0.25, -0.2) is 4.39 Å². The van der Waals surface area contributed by atoms with Gasteiger partial charge in [-0.3, -0.25) is 14.4 Å². The lowest BCUT2D eigenvalue weighted by Gasteiger charge is -2.64. The Bertz CT molecular complexity index is 960. The summed E-state index contributed by atoms with van der Waals surface area (Å²) < 4.78 is 20.6. The highest BCUT2D eigenvalue weighted by Crippen LogP contribution is 2.72. The standard InChI is InChI=1S/C24H30ClFO6/c1-12-9-16-14-5-6-15-20(26)17(29)7-8-21(15,3)23(14,25)18(30)10-22(16,4)24(12,19(31)11-27)32-13(2)28/h7-8,12,14,16,18,27,30H,5-6,9-11H2,1-4H3/t12?,14-,16-,18?,21-,22-,23-,24-/m0/s1. The number of hydrogen-bond acceptors (Lipinski definition) is 6. The van der Waals surface area contributed by atoms with Crippen LogP contribution in [0.1, 0.15) is 53.4 Å². The maximum Gasteiger partial charge on any atom is 0.303 e. The number of ether oxygens (including phenoxy) is 1. The molecule has 176 valence electrons. The van der Waals surface area contributed by atoms with Crippen molar-refractivity contribution >= 4 is 29.1 Å². The number of rotatable bonds is 3. The number of ketones is 2. The van der Waals surface area contributed by atoms with Crippen LogP contribution in [0.25, 0.3) is 0 Å². The Balaban J connectivity index is 1.88. The lowest BCUT2D eigenvalue weighted by molar-refractivity contribution is -0.201. The Morgan fingerprint density at radius 2 is 1.97 bits per heavy atom. The van der Waals surface area contributed by atoms with Gasteiger partial charge in [0.1, 0.15) is 6.61 Å². The zero-order chi connectivity index (χ0) is 23.9. The third-order valence-electron chi connectivity index (χ3n) is 9.14. The molecule has 0 radical (unpaired) electrons. The molecule has 4 aliphatic rings. The summed E-state index contributed by atoms with van der Waals surface area (Å²) in [6, 6.07) is 0. The summed E-state index contributed by atoms with van der Waals surface area (Å²) in [4.78, 5) is 35.9. The summed E-state index contributed by atoms with van der Waals surface area (Å²) >= 11 is 7.29. The van der Waals surface area contributed by atoms with Crippen LogP contribution in [0.2, 0.25) is 0 Å². The lowest BCUT2D eigenvalue weighted by Crippen LogP contribution is -2.69. The smallest absolute Gasteiger partial charge is 0.303 e. The minimum atomic E-state index is -1.59. The van der Waals surface area contributed by atoms with Crippen molar-refractivity contribution in [3.05, 3.63) is 23.6 Å². The second-order valence-electron chi connectivity index (χ2n) is 10.4. The SMILES string of the molecule is CC(=O)O[C@]1(C(=O)CO)C(C)C[C@H]2[C@@H]3CCC4=C(F)C(=O)C=C[C@]4(C)[C@@]3(Cl)C(O)C[C@@]21C. The molecular formula is C24H30ClFO6. The molecule has 0 heterocycles. The van der Waals surface area contributed by atoms with Crippen molar-refractivity contribution in [1.82, 2.24) is 0 Å². The van der Waals surface area contributed by atoms with Crippen LogP contribution >= 0.6 is 11.6 Å². The van der Waals surface area contributed by atoms with E-state index in [-0.39, 0.29) is 18.3 Å². The van der Waals surface area contributed by atoms with Gasteiger partial charge in [-0.1, -0.05) is 26.8 Å². The minimum absolute atomic E-state index is 0.0350. The second kappa shape index (κ2) is 7.21. The van der Waals surface area contributed by atoms with Crippen molar-refractivity contribution in [2.45, 2.75) is 70.0 Å². The number of Topliss-reactive ketones (excluding diaryl/α,β-unsaturated/α-hetero) is 1. The topological polar surface area (TPSA) is 101 Å². The van der Waals surface area contributed by atoms with Crippen molar-refractivity contribution in [2.24, 2.45) is 28.6 Å². The van der Waals surface area contributed by atoms with Gasteiger partial charge in [-0.2, -0.15) is 0 Å². The van der Waals surface area contributed by atoms with Gasteiger partial charge in [0.15, 0.2) is 11.4 Å². The fourth-order valence-electron chi connectivity index (χ4n) is 7.82. The van der Waals surface area contributed by atoms with Crippen molar-refractivity contribution in [2.75, 3.05) is 6.61 Å².